The van der Waals surface area contributed by atoms with Crippen LogP contribution >= 0.6 is 11.6 Å². The number of benzene rings is 2. The van der Waals surface area contributed by atoms with E-state index in [2.05, 4.69) is 10.0 Å². The molecule has 0 heterocycles. The van der Waals surface area contributed by atoms with Crippen molar-refractivity contribution in [3.63, 3.8) is 0 Å². The highest BCUT2D eigenvalue weighted by Gasteiger charge is 2.22. The van der Waals surface area contributed by atoms with Gasteiger partial charge in [-0.3, -0.25) is 4.79 Å². The number of carbonyl (C=O) groups is 1. The largest absolute Gasteiger partial charge is 0.495 e. The van der Waals surface area contributed by atoms with Gasteiger partial charge in [0.1, 0.15) is 10.6 Å². The van der Waals surface area contributed by atoms with Crippen LogP contribution in [0.5, 0.6) is 5.75 Å². The van der Waals surface area contributed by atoms with Gasteiger partial charge in [-0.05, 0) is 35.9 Å². The molecular formula is C19H23ClN2O6S2. The molecule has 0 saturated carbocycles. The van der Waals surface area contributed by atoms with Crippen molar-refractivity contribution in [2.75, 3.05) is 25.2 Å². The van der Waals surface area contributed by atoms with E-state index in [0.29, 0.717) is 10.6 Å². The molecule has 0 saturated heterocycles. The second-order valence-corrected chi connectivity index (χ2v) is 11.0. The van der Waals surface area contributed by atoms with Gasteiger partial charge in [0, 0.05) is 29.4 Å². The number of carbonyl (C=O) groups excluding carboxylic acids is 1. The molecule has 0 aliphatic heterocycles. The Labute approximate surface area is 181 Å². The first-order chi connectivity index (χ1) is 14.1. The van der Waals surface area contributed by atoms with Crippen LogP contribution in [-0.4, -0.2) is 47.9 Å². The predicted molar refractivity (Wildman–Crippen MR) is 115 cm³/mol. The van der Waals surface area contributed by atoms with Crippen LogP contribution in [0.4, 0.5) is 0 Å². The van der Waals surface area contributed by atoms with E-state index >= 15 is 0 Å². The van der Waals surface area contributed by atoms with Gasteiger partial charge in [-0.1, -0.05) is 30.7 Å². The Bertz CT molecular complexity index is 1100. The SMILES string of the molecule is CCS(=O)(=O)CCNC(=O)c1ccc(OC)c(S(=O)(=O)NCc2ccc(Cl)cc2)c1. The lowest BCUT2D eigenvalue weighted by Gasteiger charge is -2.13. The number of amides is 1. The van der Waals surface area contributed by atoms with Crippen molar-refractivity contribution in [1.29, 1.82) is 0 Å². The quantitative estimate of drug-likeness (QED) is 0.543. The van der Waals surface area contributed by atoms with Crippen LogP contribution < -0.4 is 14.8 Å². The first-order valence-corrected chi connectivity index (χ1v) is 12.7. The standard InChI is InChI=1S/C19H23ClN2O6S2/c1-3-29(24,25)11-10-21-19(23)15-6-9-17(28-2)18(12-15)30(26,27)22-13-14-4-7-16(20)8-5-14/h4-9,12,22H,3,10-11,13H2,1-2H3,(H,21,23). The number of hydrogen-bond acceptors (Lipinski definition) is 6. The summed E-state index contributed by atoms with van der Waals surface area (Å²) < 4.78 is 56.2. The minimum Gasteiger partial charge on any atom is -0.495 e. The fraction of sp³-hybridized carbons (Fsp3) is 0.316. The van der Waals surface area contributed by atoms with Gasteiger partial charge in [0.25, 0.3) is 5.91 Å². The minimum atomic E-state index is -4.00. The fourth-order valence-corrected chi connectivity index (χ4v) is 4.49. The number of nitrogens with one attached hydrogen (secondary N) is 2. The van der Waals surface area contributed by atoms with Crippen molar-refractivity contribution in [3.8, 4) is 5.75 Å². The van der Waals surface area contributed by atoms with E-state index in [4.69, 9.17) is 16.3 Å². The third-order valence-electron chi connectivity index (χ3n) is 4.23. The number of ether oxygens (including phenoxy) is 1. The molecule has 0 radical (unpaired) electrons. The Balaban J connectivity index is 2.17. The molecule has 164 valence electrons. The summed E-state index contributed by atoms with van der Waals surface area (Å²) in [6.07, 6.45) is 0. The molecule has 1 amide bonds. The van der Waals surface area contributed by atoms with Gasteiger partial charge in [-0.2, -0.15) is 0 Å². The molecule has 2 aromatic rings. The first-order valence-electron chi connectivity index (χ1n) is 8.98. The number of halogens is 1. The molecule has 0 bridgehead atoms. The van der Waals surface area contributed by atoms with E-state index in [9.17, 15) is 21.6 Å². The molecule has 0 spiro atoms. The molecule has 30 heavy (non-hydrogen) atoms. The smallest absolute Gasteiger partial charge is 0.251 e. The van der Waals surface area contributed by atoms with E-state index < -0.39 is 25.8 Å². The van der Waals surface area contributed by atoms with E-state index in [0.717, 1.165) is 0 Å². The zero-order valence-corrected chi connectivity index (χ0v) is 18.9. The van der Waals surface area contributed by atoms with Crippen LogP contribution in [0.15, 0.2) is 47.4 Å². The van der Waals surface area contributed by atoms with Crippen LogP contribution in [0.1, 0.15) is 22.8 Å². The fourth-order valence-electron chi connectivity index (χ4n) is 2.45. The van der Waals surface area contributed by atoms with E-state index in [1.807, 2.05) is 0 Å². The monoisotopic (exact) mass is 474 g/mol. The summed E-state index contributed by atoms with van der Waals surface area (Å²) in [5.74, 6) is -0.728. The lowest BCUT2D eigenvalue weighted by Crippen LogP contribution is -2.30. The number of methoxy groups -OCH3 is 1. The molecule has 0 fully saturated rings. The van der Waals surface area contributed by atoms with Crippen LogP contribution in [0.25, 0.3) is 0 Å². The van der Waals surface area contributed by atoms with Gasteiger partial charge in [0.2, 0.25) is 10.0 Å². The maximum atomic E-state index is 12.8. The molecule has 2 aromatic carbocycles. The Hall–Kier alpha value is -2.14. The van der Waals surface area contributed by atoms with Crippen LogP contribution in [-0.2, 0) is 26.4 Å². The summed E-state index contributed by atoms with van der Waals surface area (Å²) in [4.78, 5) is 12.1. The van der Waals surface area contributed by atoms with Gasteiger partial charge >= 0.3 is 0 Å². The highest BCUT2D eigenvalue weighted by molar-refractivity contribution is 7.91. The zero-order valence-electron chi connectivity index (χ0n) is 16.5. The van der Waals surface area contributed by atoms with Crippen molar-refractivity contribution >= 4 is 37.4 Å². The van der Waals surface area contributed by atoms with Crippen LogP contribution in [0.3, 0.4) is 0 Å². The van der Waals surface area contributed by atoms with Gasteiger partial charge in [0.15, 0.2) is 9.84 Å². The zero-order chi connectivity index (χ0) is 22.4. The molecule has 0 atom stereocenters. The molecule has 8 nitrogen and oxygen atoms in total. The Morgan fingerprint density at radius 1 is 1.07 bits per heavy atom. The van der Waals surface area contributed by atoms with Crippen molar-refractivity contribution in [1.82, 2.24) is 10.0 Å². The van der Waals surface area contributed by atoms with Crippen LogP contribution in [0, 0.1) is 0 Å². The average Bonchev–Trinajstić information content (AvgIpc) is 2.72. The third kappa shape index (κ3) is 6.69. The Morgan fingerprint density at radius 2 is 1.73 bits per heavy atom. The molecule has 2 N–H and O–H groups in total. The lowest BCUT2D eigenvalue weighted by atomic mass is 10.2. The van der Waals surface area contributed by atoms with Gasteiger partial charge < -0.3 is 10.1 Å². The second kappa shape index (κ2) is 10.3. The topological polar surface area (TPSA) is 119 Å². The first kappa shape index (κ1) is 24.1. The average molecular weight is 475 g/mol. The summed E-state index contributed by atoms with van der Waals surface area (Å²) in [7, 11) is -5.90. The third-order valence-corrected chi connectivity index (χ3v) is 7.61. The van der Waals surface area contributed by atoms with Gasteiger partial charge in [-0.15, -0.1) is 0 Å². The van der Waals surface area contributed by atoms with E-state index in [1.165, 1.54) is 32.2 Å². The minimum absolute atomic E-state index is 0.0207. The number of rotatable bonds is 10. The molecule has 11 heteroatoms. The molecule has 0 aliphatic rings. The summed E-state index contributed by atoms with van der Waals surface area (Å²) in [5, 5.41) is 3.02. The van der Waals surface area contributed by atoms with Gasteiger partial charge in [-0.25, -0.2) is 21.6 Å². The summed E-state index contributed by atoms with van der Waals surface area (Å²) in [6.45, 7) is 1.47. The number of sulfone groups is 1. The Kier molecular flexibility index (Phi) is 8.25. The maximum absolute atomic E-state index is 12.8. The predicted octanol–water partition coefficient (Wildman–Crippen LogP) is 1.99. The summed E-state index contributed by atoms with van der Waals surface area (Å²) in [5.41, 5.74) is 0.768. The van der Waals surface area contributed by atoms with Crippen molar-refractivity contribution in [2.24, 2.45) is 0 Å². The second-order valence-electron chi connectivity index (χ2n) is 6.31. The molecule has 2 rings (SSSR count). The van der Waals surface area contributed by atoms with E-state index in [-0.39, 0.29) is 40.8 Å². The maximum Gasteiger partial charge on any atom is 0.251 e. The normalized spacial score (nSPS) is 11.8. The molecule has 0 aromatic heterocycles. The van der Waals surface area contributed by atoms with Crippen molar-refractivity contribution < 1.29 is 26.4 Å². The number of sulfonamides is 1. The van der Waals surface area contributed by atoms with Gasteiger partial charge in [0.05, 0.1) is 12.9 Å². The molecule has 0 aliphatic carbocycles. The number of hydrogen-bond donors (Lipinski definition) is 2. The molecular weight excluding hydrogens is 452 g/mol. The summed E-state index contributed by atoms with van der Waals surface area (Å²) >= 11 is 5.83. The highest BCUT2D eigenvalue weighted by Crippen LogP contribution is 2.25. The van der Waals surface area contributed by atoms with Crippen molar-refractivity contribution in [3.05, 3.63) is 58.6 Å². The van der Waals surface area contributed by atoms with Crippen molar-refractivity contribution in [2.45, 2.75) is 18.4 Å². The highest BCUT2D eigenvalue weighted by atomic mass is 35.5. The lowest BCUT2D eigenvalue weighted by molar-refractivity contribution is 0.0956. The Morgan fingerprint density at radius 3 is 2.33 bits per heavy atom. The summed E-state index contributed by atoms with van der Waals surface area (Å²) in [6, 6.07) is 10.6. The van der Waals surface area contributed by atoms with Crippen LogP contribution in [0.2, 0.25) is 5.02 Å². The molecule has 0 unspecified atom stereocenters. The van der Waals surface area contributed by atoms with E-state index in [1.54, 1.807) is 24.3 Å².